The molecule has 1 rings (SSSR count). The first-order chi connectivity index (χ1) is 5.02. The Labute approximate surface area is 78.7 Å². The van der Waals surface area contributed by atoms with E-state index in [1.54, 1.807) is 0 Å². The van der Waals surface area contributed by atoms with E-state index in [1.165, 1.54) is 18.3 Å². The van der Waals surface area contributed by atoms with Gasteiger partial charge >= 0.3 is 0 Å². The van der Waals surface area contributed by atoms with Crippen molar-refractivity contribution < 1.29 is 5.11 Å². The lowest BCUT2D eigenvalue weighted by atomic mass is 10.3. The van der Waals surface area contributed by atoms with Gasteiger partial charge in [-0.1, -0.05) is 34.8 Å². The summed E-state index contributed by atoms with van der Waals surface area (Å²) in [5.74, 6) is -0.368. The number of halogens is 3. The van der Waals surface area contributed by atoms with Crippen LogP contribution in [-0.4, -0.2) is 4.98 Å². The van der Waals surface area contributed by atoms with Crippen LogP contribution in [0, 0.1) is 0 Å². The average Bonchev–Trinajstić information content (AvgIpc) is 1.86. The fraction of sp³-hybridized carbons (Fsp3) is 0.167. The summed E-state index contributed by atoms with van der Waals surface area (Å²) < 4.78 is -1.72. The van der Waals surface area contributed by atoms with Crippen molar-refractivity contribution in [2.45, 2.75) is 3.79 Å². The molecule has 0 unspecified atom stereocenters. The van der Waals surface area contributed by atoms with Crippen LogP contribution in [0.15, 0.2) is 18.3 Å². The molecule has 0 aliphatic rings. The summed E-state index contributed by atoms with van der Waals surface area (Å²) >= 11 is 16.3. The van der Waals surface area contributed by atoms with Crippen LogP contribution in [-0.2, 0) is 8.90 Å². The molecule has 0 spiro atoms. The predicted octanol–water partition coefficient (Wildman–Crippen LogP) is 3.05. The molecule has 0 saturated heterocycles. The topological polar surface area (TPSA) is 32.8 Å². The summed E-state index contributed by atoms with van der Waals surface area (Å²) in [6.45, 7) is 0. The molecular weight excluding hydrogens is 208 g/mol. The van der Waals surface area contributed by atoms with Crippen LogP contribution in [0.5, 0.6) is 5.75 Å². The third-order valence-corrected chi connectivity index (χ3v) is 1.58. The Morgan fingerprint density at radius 3 is 2.36 bits per heavy atom. The first kappa shape index (κ1) is 8.91. The lowest BCUT2D eigenvalue weighted by molar-refractivity contribution is 0.348. The fourth-order valence-corrected chi connectivity index (χ4v) is 1.03. The number of alkyl halides is 3. The van der Waals surface area contributed by atoms with Gasteiger partial charge in [0, 0.05) is 6.20 Å². The molecule has 1 aromatic rings. The van der Waals surface area contributed by atoms with E-state index in [9.17, 15) is 5.11 Å². The normalized spacial score (nSPS) is 11.5. The summed E-state index contributed by atoms with van der Waals surface area (Å²) in [4.78, 5) is 3.64. The Hall–Kier alpha value is -0.180. The molecule has 59 valence electrons. The van der Waals surface area contributed by atoms with Crippen molar-refractivity contribution in [3.05, 3.63) is 24.0 Å². The highest BCUT2D eigenvalue weighted by atomic mass is 35.6. The molecule has 0 fully saturated rings. The molecular formula is C6H3Cl3NO. The van der Waals surface area contributed by atoms with Gasteiger partial charge in [0.25, 0.3) is 0 Å². The van der Waals surface area contributed by atoms with Crippen molar-refractivity contribution in [1.29, 1.82) is 0 Å². The zero-order chi connectivity index (χ0) is 8.48. The van der Waals surface area contributed by atoms with Crippen LogP contribution in [0.2, 0.25) is 0 Å². The van der Waals surface area contributed by atoms with Gasteiger partial charge in [-0.05, 0) is 12.1 Å². The van der Waals surface area contributed by atoms with Gasteiger partial charge in [0.1, 0.15) is 5.69 Å². The minimum Gasteiger partial charge on any atom is -0.288 e. The largest absolute Gasteiger partial charge is 0.288 e. The molecule has 0 amide bonds. The molecule has 11 heavy (non-hydrogen) atoms. The summed E-state index contributed by atoms with van der Waals surface area (Å²) in [5.41, 5.74) is -0.0648. The Bertz CT molecular complexity index is 258. The van der Waals surface area contributed by atoms with E-state index in [0.29, 0.717) is 0 Å². The SMILES string of the molecule is [O]c1cccnc1C(Cl)(Cl)Cl. The van der Waals surface area contributed by atoms with Gasteiger partial charge < -0.3 is 0 Å². The Kier molecular flexibility index (Phi) is 2.47. The van der Waals surface area contributed by atoms with E-state index < -0.39 is 3.79 Å². The van der Waals surface area contributed by atoms with Gasteiger partial charge in [-0.15, -0.1) is 0 Å². The number of pyridine rings is 1. The van der Waals surface area contributed by atoms with Crippen molar-refractivity contribution in [2.75, 3.05) is 0 Å². The van der Waals surface area contributed by atoms with Gasteiger partial charge in [0.05, 0.1) is 0 Å². The van der Waals surface area contributed by atoms with Crippen molar-refractivity contribution in [3.63, 3.8) is 0 Å². The molecule has 0 aliphatic carbocycles. The van der Waals surface area contributed by atoms with Crippen LogP contribution >= 0.6 is 34.8 Å². The molecule has 0 atom stereocenters. The van der Waals surface area contributed by atoms with Crippen molar-refractivity contribution in [3.8, 4) is 5.75 Å². The summed E-state index contributed by atoms with van der Waals surface area (Å²) in [5, 5.41) is 11.0. The van der Waals surface area contributed by atoms with E-state index in [2.05, 4.69) is 4.98 Å². The van der Waals surface area contributed by atoms with E-state index in [4.69, 9.17) is 34.8 Å². The van der Waals surface area contributed by atoms with E-state index >= 15 is 0 Å². The standard InChI is InChI=1S/C6H3Cl3NO/c7-6(8,9)5-4(11)2-1-3-10-5/h1-3H. The number of hydrogen-bond acceptors (Lipinski definition) is 1. The van der Waals surface area contributed by atoms with Crippen LogP contribution in [0.3, 0.4) is 0 Å². The van der Waals surface area contributed by atoms with E-state index in [0.717, 1.165) is 0 Å². The second kappa shape index (κ2) is 3.05. The van der Waals surface area contributed by atoms with Crippen molar-refractivity contribution in [1.82, 2.24) is 4.98 Å². The zero-order valence-electron chi connectivity index (χ0n) is 5.22. The lowest BCUT2D eigenvalue weighted by Gasteiger charge is -2.08. The smallest absolute Gasteiger partial charge is 0.236 e. The maximum Gasteiger partial charge on any atom is 0.236 e. The fourth-order valence-electron chi connectivity index (χ4n) is 0.603. The maximum atomic E-state index is 11.0. The second-order valence-corrected chi connectivity index (χ2v) is 4.13. The van der Waals surface area contributed by atoms with Gasteiger partial charge in [-0.2, -0.15) is 0 Å². The van der Waals surface area contributed by atoms with Crippen LogP contribution in [0.25, 0.3) is 0 Å². The molecule has 0 N–H and O–H groups in total. The molecule has 1 heterocycles. The summed E-state index contributed by atoms with van der Waals surface area (Å²) in [6, 6.07) is 2.78. The highest BCUT2D eigenvalue weighted by Crippen LogP contribution is 2.40. The van der Waals surface area contributed by atoms with Crippen LogP contribution in [0.4, 0.5) is 0 Å². The zero-order valence-corrected chi connectivity index (χ0v) is 7.49. The highest BCUT2D eigenvalue weighted by Gasteiger charge is 2.28. The Morgan fingerprint density at radius 2 is 2.00 bits per heavy atom. The van der Waals surface area contributed by atoms with Gasteiger partial charge in [0.2, 0.25) is 9.54 Å². The predicted molar refractivity (Wildman–Crippen MR) is 43.6 cm³/mol. The monoisotopic (exact) mass is 210 g/mol. The van der Waals surface area contributed by atoms with Gasteiger partial charge in [-0.3, -0.25) is 10.1 Å². The van der Waals surface area contributed by atoms with E-state index in [-0.39, 0.29) is 11.4 Å². The molecule has 1 aromatic heterocycles. The van der Waals surface area contributed by atoms with Crippen LogP contribution in [0.1, 0.15) is 5.69 Å². The quantitative estimate of drug-likeness (QED) is 0.607. The second-order valence-electron chi connectivity index (χ2n) is 1.85. The third-order valence-electron chi connectivity index (χ3n) is 1.04. The summed E-state index contributed by atoms with van der Waals surface area (Å²) in [7, 11) is 0. The molecule has 0 aromatic carbocycles. The van der Waals surface area contributed by atoms with E-state index in [1.807, 2.05) is 0 Å². The average molecular weight is 211 g/mol. The summed E-state index contributed by atoms with van der Waals surface area (Å²) in [6.07, 6.45) is 1.40. The third kappa shape index (κ3) is 2.12. The molecule has 1 radical (unpaired) electrons. The number of aromatic nitrogens is 1. The Morgan fingerprint density at radius 1 is 1.36 bits per heavy atom. The number of nitrogens with zero attached hydrogens (tertiary/aromatic N) is 1. The maximum absolute atomic E-state index is 11.0. The molecule has 0 saturated carbocycles. The van der Waals surface area contributed by atoms with Crippen LogP contribution < -0.4 is 0 Å². The number of hydrogen-bond donors (Lipinski definition) is 0. The molecule has 5 heteroatoms. The first-order valence-electron chi connectivity index (χ1n) is 2.71. The minimum atomic E-state index is -1.72. The number of rotatable bonds is 0. The van der Waals surface area contributed by atoms with Gasteiger partial charge in [-0.25, -0.2) is 0 Å². The minimum absolute atomic E-state index is 0.0648. The van der Waals surface area contributed by atoms with Crippen molar-refractivity contribution >= 4 is 34.8 Å². The molecule has 0 bridgehead atoms. The highest BCUT2D eigenvalue weighted by molar-refractivity contribution is 6.66. The molecule has 2 nitrogen and oxygen atoms in total. The van der Waals surface area contributed by atoms with Crippen molar-refractivity contribution in [2.24, 2.45) is 0 Å². The first-order valence-corrected chi connectivity index (χ1v) is 3.84. The lowest BCUT2D eigenvalue weighted by Crippen LogP contribution is -2.02. The Balaban J connectivity index is 3.14. The van der Waals surface area contributed by atoms with Gasteiger partial charge in [0.15, 0.2) is 0 Å². The molecule has 0 aliphatic heterocycles.